The lowest BCUT2D eigenvalue weighted by Crippen LogP contribution is -2.06. The standard InChI is InChI=1S/C18H14Cl2O4/c1-11(21)23-17(13-3-7-15(19)8-4-13)18(24-12(2)22)14-5-9-16(20)10-6-14/h3-10H,1-2H3. The van der Waals surface area contributed by atoms with Gasteiger partial charge in [0.1, 0.15) is 0 Å². The summed E-state index contributed by atoms with van der Waals surface area (Å²) in [5, 5.41) is 1.06. The Labute approximate surface area is 149 Å². The second kappa shape index (κ2) is 7.99. The van der Waals surface area contributed by atoms with Crippen LogP contribution in [-0.4, -0.2) is 11.9 Å². The maximum absolute atomic E-state index is 11.5. The van der Waals surface area contributed by atoms with Crippen LogP contribution in [0.15, 0.2) is 48.5 Å². The maximum atomic E-state index is 11.5. The molecule has 2 rings (SSSR count). The summed E-state index contributed by atoms with van der Waals surface area (Å²) in [6, 6.07) is 13.3. The minimum atomic E-state index is -0.543. The molecule has 0 unspecified atom stereocenters. The summed E-state index contributed by atoms with van der Waals surface area (Å²) in [5.74, 6) is -0.842. The summed E-state index contributed by atoms with van der Waals surface area (Å²) in [6.07, 6.45) is 0. The first-order chi connectivity index (χ1) is 11.4. The number of hydrogen-bond acceptors (Lipinski definition) is 4. The van der Waals surface area contributed by atoms with Crippen LogP contribution in [0.25, 0.3) is 11.5 Å². The van der Waals surface area contributed by atoms with Gasteiger partial charge in [0, 0.05) is 35.0 Å². The zero-order valence-corrected chi connectivity index (χ0v) is 14.5. The van der Waals surface area contributed by atoms with Crippen molar-refractivity contribution in [3.05, 3.63) is 69.7 Å². The molecule has 0 atom stereocenters. The van der Waals surface area contributed by atoms with E-state index >= 15 is 0 Å². The quantitative estimate of drug-likeness (QED) is 0.437. The van der Waals surface area contributed by atoms with Gasteiger partial charge in [-0.2, -0.15) is 0 Å². The van der Waals surface area contributed by atoms with Gasteiger partial charge in [0.15, 0.2) is 11.5 Å². The summed E-state index contributed by atoms with van der Waals surface area (Å²) in [6.45, 7) is 2.53. The maximum Gasteiger partial charge on any atom is 0.308 e. The van der Waals surface area contributed by atoms with Gasteiger partial charge < -0.3 is 9.47 Å². The Bertz CT molecular complexity index is 710. The third-order valence-electron chi connectivity index (χ3n) is 2.91. The van der Waals surface area contributed by atoms with Crippen LogP contribution in [0.1, 0.15) is 25.0 Å². The zero-order valence-electron chi connectivity index (χ0n) is 13.0. The van der Waals surface area contributed by atoms with E-state index in [2.05, 4.69) is 0 Å². The molecule has 0 radical (unpaired) electrons. The van der Waals surface area contributed by atoms with Crippen molar-refractivity contribution < 1.29 is 19.1 Å². The van der Waals surface area contributed by atoms with Crippen LogP contribution in [0.2, 0.25) is 10.0 Å². The van der Waals surface area contributed by atoms with Crippen molar-refractivity contribution in [1.82, 2.24) is 0 Å². The number of benzene rings is 2. The molecule has 2 aromatic carbocycles. The Morgan fingerprint density at radius 3 is 1.21 bits per heavy atom. The van der Waals surface area contributed by atoms with Gasteiger partial charge in [-0.15, -0.1) is 0 Å². The fourth-order valence-corrected chi connectivity index (χ4v) is 2.21. The lowest BCUT2D eigenvalue weighted by Gasteiger charge is -2.15. The summed E-state index contributed by atoms with van der Waals surface area (Å²) in [5.41, 5.74) is 1.08. The van der Waals surface area contributed by atoms with Crippen LogP contribution in [0.5, 0.6) is 0 Å². The highest BCUT2D eigenvalue weighted by Crippen LogP contribution is 2.30. The minimum Gasteiger partial charge on any atom is -0.422 e. The van der Waals surface area contributed by atoms with Gasteiger partial charge in [-0.25, -0.2) is 0 Å². The number of ether oxygens (including phenoxy) is 2. The van der Waals surface area contributed by atoms with Crippen LogP contribution in [-0.2, 0) is 19.1 Å². The zero-order chi connectivity index (χ0) is 17.7. The molecule has 0 spiro atoms. The van der Waals surface area contributed by atoms with Gasteiger partial charge in [-0.1, -0.05) is 23.2 Å². The van der Waals surface area contributed by atoms with Crippen LogP contribution in [0, 0.1) is 0 Å². The molecule has 0 aromatic heterocycles. The van der Waals surface area contributed by atoms with Crippen molar-refractivity contribution >= 4 is 46.7 Å². The van der Waals surface area contributed by atoms with Crippen molar-refractivity contribution in [2.24, 2.45) is 0 Å². The molecule has 0 aliphatic carbocycles. The van der Waals surface area contributed by atoms with Crippen LogP contribution in [0.3, 0.4) is 0 Å². The first-order valence-electron chi connectivity index (χ1n) is 7.00. The molecule has 4 nitrogen and oxygen atoms in total. The molecule has 6 heteroatoms. The van der Waals surface area contributed by atoms with Crippen molar-refractivity contribution in [1.29, 1.82) is 0 Å². The Kier molecular flexibility index (Phi) is 6.01. The molecule has 0 aliphatic heterocycles. The van der Waals surface area contributed by atoms with Gasteiger partial charge in [-0.3, -0.25) is 9.59 Å². The number of rotatable bonds is 4. The lowest BCUT2D eigenvalue weighted by molar-refractivity contribution is -0.136. The minimum absolute atomic E-state index is 0.122. The number of carbonyl (C=O) groups excluding carboxylic acids is 2. The van der Waals surface area contributed by atoms with Crippen molar-refractivity contribution in [3.8, 4) is 0 Å². The molecule has 0 fully saturated rings. The van der Waals surface area contributed by atoms with E-state index in [-0.39, 0.29) is 11.5 Å². The normalized spacial score (nSPS) is 11.5. The first kappa shape index (κ1) is 18.0. The first-order valence-corrected chi connectivity index (χ1v) is 7.75. The Balaban J connectivity index is 2.66. The molecular weight excluding hydrogens is 351 g/mol. The Morgan fingerprint density at radius 2 is 0.958 bits per heavy atom. The van der Waals surface area contributed by atoms with E-state index in [0.29, 0.717) is 21.2 Å². The van der Waals surface area contributed by atoms with Gasteiger partial charge >= 0.3 is 11.9 Å². The summed E-state index contributed by atoms with van der Waals surface area (Å²) in [7, 11) is 0. The molecule has 0 N–H and O–H groups in total. The van der Waals surface area contributed by atoms with E-state index < -0.39 is 11.9 Å². The molecule has 0 heterocycles. The third kappa shape index (κ3) is 4.85. The highest BCUT2D eigenvalue weighted by Gasteiger charge is 2.19. The highest BCUT2D eigenvalue weighted by molar-refractivity contribution is 6.30. The van der Waals surface area contributed by atoms with E-state index in [1.54, 1.807) is 48.5 Å². The predicted molar refractivity (Wildman–Crippen MR) is 93.3 cm³/mol. The Morgan fingerprint density at radius 1 is 0.667 bits per heavy atom. The van der Waals surface area contributed by atoms with Crippen molar-refractivity contribution in [2.45, 2.75) is 13.8 Å². The van der Waals surface area contributed by atoms with E-state index in [4.69, 9.17) is 32.7 Å². The summed E-state index contributed by atoms with van der Waals surface area (Å²) >= 11 is 11.8. The number of carbonyl (C=O) groups is 2. The molecule has 0 aliphatic rings. The van der Waals surface area contributed by atoms with Crippen LogP contribution >= 0.6 is 23.2 Å². The fourth-order valence-electron chi connectivity index (χ4n) is 1.96. The van der Waals surface area contributed by atoms with Crippen LogP contribution < -0.4 is 0 Å². The second-order valence-electron chi connectivity index (χ2n) is 4.86. The molecule has 0 amide bonds. The van der Waals surface area contributed by atoms with Gasteiger partial charge in [0.25, 0.3) is 0 Å². The van der Waals surface area contributed by atoms with E-state index in [0.717, 1.165) is 0 Å². The summed E-state index contributed by atoms with van der Waals surface area (Å²) < 4.78 is 10.6. The van der Waals surface area contributed by atoms with Gasteiger partial charge in [0.05, 0.1) is 0 Å². The summed E-state index contributed by atoms with van der Waals surface area (Å²) in [4.78, 5) is 23.1. The van der Waals surface area contributed by atoms with E-state index in [9.17, 15) is 9.59 Å². The number of hydrogen-bond donors (Lipinski definition) is 0. The monoisotopic (exact) mass is 364 g/mol. The lowest BCUT2D eigenvalue weighted by atomic mass is 10.1. The third-order valence-corrected chi connectivity index (χ3v) is 3.41. The predicted octanol–water partition coefficient (Wildman–Crippen LogP) is 4.95. The molecular formula is C18H14Cl2O4. The molecule has 0 saturated heterocycles. The average Bonchev–Trinajstić information content (AvgIpc) is 2.52. The van der Waals surface area contributed by atoms with Gasteiger partial charge in [-0.05, 0) is 48.5 Å². The van der Waals surface area contributed by atoms with Crippen LogP contribution in [0.4, 0.5) is 0 Å². The van der Waals surface area contributed by atoms with E-state index in [1.807, 2.05) is 0 Å². The molecule has 124 valence electrons. The largest absolute Gasteiger partial charge is 0.422 e. The molecule has 2 aromatic rings. The molecule has 24 heavy (non-hydrogen) atoms. The number of esters is 2. The molecule has 0 saturated carbocycles. The van der Waals surface area contributed by atoms with Crippen molar-refractivity contribution in [2.75, 3.05) is 0 Å². The topological polar surface area (TPSA) is 52.6 Å². The van der Waals surface area contributed by atoms with Crippen molar-refractivity contribution in [3.63, 3.8) is 0 Å². The SMILES string of the molecule is CC(=O)OC(=C(OC(C)=O)c1ccc(Cl)cc1)c1ccc(Cl)cc1. The second-order valence-corrected chi connectivity index (χ2v) is 5.73. The Hall–Kier alpha value is -2.30. The highest BCUT2D eigenvalue weighted by atomic mass is 35.5. The molecule has 0 bridgehead atoms. The smallest absolute Gasteiger partial charge is 0.308 e. The van der Waals surface area contributed by atoms with E-state index in [1.165, 1.54) is 13.8 Å². The average molecular weight is 365 g/mol. The van der Waals surface area contributed by atoms with Gasteiger partial charge in [0.2, 0.25) is 0 Å². The fraction of sp³-hybridized carbons (Fsp3) is 0.111. The number of halogens is 2.